The Hall–Kier alpha value is -9.20. The third kappa shape index (κ3) is 7.06. The molecule has 0 saturated carbocycles. The Bertz CT molecular complexity index is 3830. The molecule has 0 atom stereocenters. The summed E-state index contributed by atoms with van der Waals surface area (Å²) in [6.45, 7) is 4.71. The molecule has 0 fully saturated rings. The highest BCUT2D eigenvalue weighted by Gasteiger charge is 2.36. The monoisotopic (exact) mass is 897 g/mol. The average molecular weight is 898 g/mol. The smallest absolute Gasteiger partial charge is 0.115 e. The second-order valence-electron chi connectivity index (χ2n) is 18.5. The molecule has 12 aromatic rings. The van der Waals surface area contributed by atoms with Gasteiger partial charge in [0.1, 0.15) is 12.7 Å². The fourth-order valence-corrected chi connectivity index (χ4v) is 10.5. The first-order chi connectivity index (χ1) is 34.4. The predicted octanol–water partition coefficient (Wildman–Crippen LogP) is 15.1. The molecule has 0 bridgehead atoms. The van der Waals surface area contributed by atoms with Crippen LogP contribution in [0.4, 0.5) is 0 Å². The Balaban J connectivity index is 0.990. The van der Waals surface area contributed by atoms with Gasteiger partial charge in [-0.2, -0.15) is 0 Å². The maximum Gasteiger partial charge on any atom is 0.115 e. The summed E-state index contributed by atoms with van der Waals surface area (Å²) >= 11 is 0. The van der Waals surface area contributed by atoms with Crippen molar-refractivity contribution in [2.24, 2.45) is 0 Å². The van der Waals surface area contributed by atoms with Gasteiger partial charge in [-0.25, -0.2) is 29.9 Å². The van der Waals surface area contributed by atoms with E-state index in [0.29, 0.717) is 0 Å². The fourth-order valence-electron chi connectivity index (χ4n) is 10.5. The van der Waals surface area contributed by atoms with Crippen LogP contribution < -0.4 is 0 Å². The topological polar surface area (TPSA) is 82.3 Å². The summed E-state index contributed by atoms with van der Waals surface area (Å²) in [4.78, 5) is 27.1. The Labute approximate surface area is 405 Å². The number of nitrogens with zero attached hydrogens (tertiary/aromatic N) is 7. The number of pyridine rings is 2. The molecule has 330 valence electrons. The average Bonchev–Trinajstić information content (AvgIpc) is 3.87. The van der Waals surface area contributed by atoms with E-state index < -0.39 is 0 Å². The summed E-state index contributed by atoms with van der Waals surface area (Å²) in [6, 6.07) is 68.1. The Morgan fingerprint density at radius 1 is 0.329 bits per heavy atom. The quantitative estimate of drug-likeness (QED) is 0.151. The van der Waals surface area contributed by atoms with Gasteiger partial charge < -0.3 is 4.57 Å². The molecule has 5 aromatic heterocycles. The molecule has 0 aliphatic heterocycles. The van der Waals surface area contributed by atoms with E-state index in [1.807, 2.05) is 24.3 Å². The second-order valence-corrected chi connectivity index (χ2v) is 18.5. The number of para-hydroxylation sites is 1. The van der Waals surface area contributed by atoms with Crippen LogP contribution in [0.1, 0.15) is 25.0 Å². The first kappa shape index (κ1) is 41.0. The van der Waals surface area contributed by atoms with Gasteiger partial charge in [0.15, 0.2) is 0 Å². The van der Waals surface area contributed by atoms with Gasteiger partial charge in [-0.05, 0) is 147 Å². The van der Waals surface area contributed by atoms with Crippen molar-refractivity contribution in [1.82, 2.24) is 34.5 Å². The van der Waals surface area contributed by atoms with Gasteiger partial charge in [-0.1, -0.05) is 111 Å². The largest absolute Gasteiger partial charge is 0.309 e. The van der Waals surface area contributed by atoms with Crippen molar-refractivity contribution in [3.05, 3.63) is 237 Å². The number of fused-ring (bicyclic) bond motifs is 6. The molecule has 0 saturated heterocycles. The maximum atomic E-state index is 5.07. The highest BCUT2D eigenvalue weighted by molar-refractivity contribution is 6.13. The maximum absolute atomic E-state index is 5.07. The third-order valence-electron chi connectivity index (χ3n) is 13.9. The lowest BCUT2D eigenvalue weighted by atomic mass is 9.82. The number of benzene rings is 7. The van der Waals surface area contributed by atoms with E-state index >= 15 is 0 Å². The lowest BCUT2D eigenvalue weighted by Crippen LogP contribution is -2.14. The molecule has 7 nitrogen and oxygen atoms in total. The van der Waals surface area contributed by atoms with Gasteiger partial charge in [-0.15, -0.1) is 0 Å². The summed E-state index contributed by atoms with van der Waals surface area (Å²) in [5.41, 5.74) is 22.6. The van der Waals surface area contributed by atoms with Gasteiger partial charge in [0.05, 0.1) is 33.8 Å². The molecule has 0 unspecified atom stereocenters. The minimum Gasteiger partial charge on any atom is -0.309 e. The van der Waals surface area contributed by atoms with E-state index in [2.05, 4.69) is 202 Å². The SMILES string of the molecule is CC1(C)c2ccccc2-c2cc3c4cc(-c5cc(-c6cccc(-c7cccc(-c8cncnc8)n7)c6)cc(-c6cccc(-c7cccc(-c8cncnc8)n7)c6)c5)ccc4n(-c4ccccc4)c3cc21. The molecule has 0 amide bonds. The normalized spacial score (nSPS) is 12.5. The van der Waals surface area contributed by atoms with Crippen LogP contribution in [0.5, 0.6) is 0 Å². The van der Waals surface area contributed by atoms with E-state index in [-0.39, 0.29) is 5.41 Å². The zero-order valence-corrected chi connectivity index (χ0v) is 38.5. The zero-order chi connectivity index (χ0) is 46.8. The Morgan fingerprint density at radius 2 is 0.800 bits per heavy atom. The van der Waals surface area contributed by atoms with Crippen molar-refractivity contribution in [1.29, 1.82) is 0 Å². The molecule has 0 N–H and O–H groups in total. The van der Waals surface area contributed by atoms with E-state index in [4.69, 9.17) is 9.97 Å². The minimum atomic E-state index is -0.125. The zero-order valence-electron chi connectivity index (χ0n) is 38.5. The Kier molecular flexibility index (Phi) is 9.69. The van der Waals surface area contributed by atoms with Crippen LogP contribution in [0, 0.1) is 0 Å². The van der Waals surface area contributed by atoms with Gasteiger partial charge in [0, 0.05) is 68.9 Å². The number of hydrogen-bond acceptors (Lipinski definition) is 6. The van der Waals surface area contributed by atoms with Crippen LogP contribution in [0.2, 0.25) is 0 Å². The minimum absolute atomic E-state index is 0.125. The highest BCUT2D eigenvalue weighted by Crippen LogP contribution is 2.51. The molecular formula is C63H43N7. The van der Waals surface area contributed by atoms with Crippen LogP contribution in [0.3, 0.4) is 0 Å². The molecule has 5 heterocycles. The van der Waals surface area contributed by atoms with Gasteiger partial charge in [0.25, 0.3) is 0 Å². The van der Waals surface area contributed by atoms with Crippen molar-refractivity contribution < 1.29 is 0 Å². The first-order valence-corrected chi connectivity index (χ1v) is 23.5. The predicted molar refractivity (Wildman–Crippen MR) is 283 cm³/mol. The van der Waals surface area contributed by atoms with Gasteiger partial charge in [0.2, 0.25) is 0 Å². The van der Waals surface area contributed by atoms with E-state index in [1.165, 1.54) is 56.7 Å². The molecule has 70 heavy (non-hydrogen) atoms. The standard InChI is InChI=1S/C63H43N7/c1-63(2)55-19-7-6-18-51(55)52-32-54-53-31-42(24-25-61(53)70(62(54)33-56(52)63)50-16-4-3-5-17-50)47-29-45(40-12-8-14-43(26-40)57-20-10-22-59(68-57)48-34-64-38-65-35-48)28-46(30-47)41-13-9-15-44(27-41)58-21-11-23-60(69-58)49-36-66-39-67-37-49/h3-39H,1-2H3. The molecule has 7 heteroatoms. The fraction of sp³-hybridized carbons (Fsp3) is 0.0476. The Morgan fingerprint density at radius 3 is 1.39 bits per heavy atom. The summed E-state index contributed by atoms with van der Waals surface area (Å²) in [5, 5.41) is 2.44. The van der Waals surface area contributed by atoms with Gasteiger partial charge in [-0.3, -0.25) is 0 Å². The van der Waals surface area contributed by atoms with Crippen molar-refractivity contribution in [2.45, 2.75) is 19.3 Å². The third-order valence-corrected chi connectivity index (χ3v) is 13.9. The molecular weight excluding hydrogens is 855 g/mol. The van der Waals surface area contributed by atoms with Crippen LogP contribution in [0.25, 0.3) is 117 Å². The highest BCUT2D eigenvalue weighted by atomic mass is 15.0. The number of hydrogen-bond donors (Lipinski definition) is 0. The van der Waals surface area contributed by atoms with Crippen molar-refractivity contribution >= 4 is 21.8 Å². The second kappa shape index (κ2) is 16.5. The molecule has 1 aliphatic carbocycles. The molecule has 13 rings (SSSR count). The van der Waals surface area contributed by atoms with Crippen molar-refractivity contribution in [3.8, 4) is 95.2 Å². The van der Waals surface area contributed by atoms with E-state index in [9.17, 15) is 0 Å². The molecule has 0 spiro atoms. The number of rotatable bonds is 8. The van der Waals surface area contributed by atoms with Crippen LogP contribution in [0.15, 0.2) is 225 Å². The van der Waals surface area contributed by atoms with E-state index in [1.54, 1.807) is 24.8 Å². The summed E-state index contributed by atoms with van der Waals surface area (Å²) in [5.74, 6) is 0. The summed E-state index contributed by atoms with van der Waals surface area (Å²) in [7, 11) is 0. The first-order valence-electron chi connectivity index (χ1n) is 23.5. The van der Waals surface area contributed by atoms with Gasteiger partial charge >= 0.3 is 0 Å². The molecule has 1 aliphatic rings. The lowest BCUT2D eigenvalue weighted by Gasteiger charge is -2.21. The van der Waals surface area contributed by atoms with Crippen molar-refractivity contribution in [2.75, 3.05) is 0 Å². The summed E-state index contributed by atoms with van der Waals surface area (Å²) < 4.78 is 2.44. The molecule has 0 radical (unpaired) electrons. The lowest BCUT2D eigenvalue weighted by molar-refractivity contribution is 0.661. The van der Waals surface area contributed by atoms with Crippen LogP contribution in [-0.2, 0) is 5.41 Å². The molecule has 7 aromatic carbocycles. The number of aromatic nitrogens is 7. The summed E-state index contributed by atoms with van der Waals surface area (Å²) in [6.07, 6.45) is 10.3. The van der Waals surface area contributed by atoms with Crippen molar-refractivity contribution in [3.63, 3.8) is 0 Å². The van der Waals surface area contributed by atoms with Crippen LogP contribution >= 0.6 is 0 Å². The van der Waals surface area contributed by atoms with Crippen LogP contribution in [-0.4, -0.2) is 34.5 Å². The van der Waals surface area contributed by atoms with E-state index in [0.717, 1.165) is 84.1 Å².